The van der Waals surface area contributed by atoms with Crippen molar-refractivity contribution in [3.05, 3.63) is 44.6 Å². The number of rotatable bonds is 8. The number of anilines is 2. The van der Waals surface area contributed by atoms with E-state index in [2.05, 4.69) is 15.3 Å². The van der Waals surface area contributed by atoms with Crippen LogP contribution in [0.25, 0.3) is 10.2 Å². The summed E-state index contributed by atoms with van der Waals surface area (Å²) < 4.78 is 15.1. The molecule has 0 aliphatic rings. The molecule has 0 aliphatic heterocycles. The minimum Gasteiger partial charge on any atom is -0.495 e. The van der Waals surface area contributed by atoms with Gasteiger partial charge in [0.2, 0.25) is 0 Å². The molecule has 3 aromatic rings. The molecular weight excluding hydrogens is 440 g/mol. The summed E-state index contributed by atoms with van der Waals surface area (Å²) in [5, 5.41) is 14.8. The fourth-order valence-corrected chi connectivity index (χ4v) is 4.07. The molecule has 2 heterocycles. The molecule has 0 saturated heterocycles. The third-order valence-electron chi connectivity index (χ3n) is 4.47. The SMILES string of the molecule is CCOC(=O)c1sc2nc(CC(=O)OC)nc(Nc3cc([N+](=O)[O-])ccc3OC)c2c1C. The molecule has 0 aliphatic carbocycles. The lowest BCUT2D eigenvalue weighted by Crippen LogP contribution is -2.09. The van der Waals surface area contributed by atoms with Crippen molar-refractivity contribution >= 4 is 50.7 Å². The van der Waals surface area contributed by atoms with Crippen molar-refractivity contribution in [1.82, 2.24) is 9.97 Å². The number of aromatic nitrogens is 2. The Morgan fingerprint density at radius 3 is 2.62 bits per heavy atom. The van der Waals surface area contributed by atoms with E-state index in [4.69, 9.17) is 14.2 Å². The number of fused-ring (bicyclic) bond motifs is 1. The van der Waals surface area contributed by atoms with E-state index < -0.39 is 16.9 Å². The number of hydrogen-bond acceptors (Lipinski definition) is 11. The van der Waals surface area contributed by atoms with Crippen LogP contribution in [0.1, 0.15) is 28.0 Å². The van der Waals surface area contributed by atoms with Crippen molar-refractivity contribution in [2.45, 2.75) is 20.3 Å². The van der Waals surface area contributed by atoms with Crippen molar-refractivity contribution in [1.29, 1.82) is 0 Å². The van der Waals surface area contributed by atoms with Gasteiger partial charge < -0.3 is 19.5 Å². The standard InChI is InChI=1S/C20H20N4O7S/c1-5-31-20(26)17-10(2)16-18(22-14(9-15(25)30-4)23-19(16)32-17)21-12-8-11(24(27)28)6-7-13(12)29-3/h6-8H,5,9H2,1-4H3,(H,21,22,23). The Morgan fingerprint density at radius 2 is 2.00 bits per heavy atom. The number of aryl methyl sites for hydroxylation is 1. The molecule has 32 heavy (non-hydrogen) atoms. The Labute approximate surface area is 186 Å². The Hall–Kier alpha value is -3.80. The molecule has 3 rings (SSSR count). The minimum atomic E-state index is -0.540. The van der Waals surface area contributed by atoms with E-state index in [0.717, 1.165) is 11.3 Å². The van der Waals surface area contributed by atoms with Crippen LogP contribution in [-0.4, -0.2) is 47.7 Å². The predicted molar refractivity (Wildman–Crippen MR) is 117 cm³/mol. The lowest BCUT2D eigenvalue weighted by molar-refractivity contribution is -0.384. The van der Waals surface area contributed by atoms with Crippen LogP contribution in [0.4, 0.5) is 17.2 Å². The number of non-ortho nitro benzene ring substituents is 1. The van der Waals surface area contributed by atoms with Gasteiger partial charge in [-0.25, -0.2) is 14.8 Å². The van der Waals surface area contributed by atoms with Gasteiger partial charge in [0.1, 0.15) is 33.5 Å². The lowest BCUT2D eigenvalue weighted by Gasteiger charge is -2.12. The number of carbonyl (C=O) groups excluding carboxylic acids is 2. The van der Waals surface area contributed by atoms with Crippen molar-refractivity contribution in [2.75, 3.05) is 26.1 Å². The highest BCUT2D eigenvalue weighted by atomic mass is 32.1. The van der Waals surface area contributed by atoms with Gasteiger partial charge in [0.25, 0.3) is 5.69 Å². The molecule has 2 aromatic heterocycles. The maximum atomic E-state index is 12.4. The van der Waals surface area contributed by atoms with Crippen molar-refractivity contribution < 1.29 is 28.7 Å². The second-order valence-corrected chi connectivity index (χ2v) is 7.46. The molecule has 0 radical (unpaired) electrons. The van der Waals surface area contributed by atoms with Gasteiger partial charge in [-0.1, -0.05) is 0 Å². The van der Waals surface area contributed by atoms with Crippen LogP contribution in [0.2, 0.25) is 0 Å². The summed E-state index contributed by atoms with van der Waals surface area (Å²) in [6, 6.07) is 4.08. The van der Waals surface area contributed by atoms with Crippen LogP contribution in [0.5, 0.6) is 5.75 Å². The number of nitrogens with zero attached hydrogens (tertiary/aromatic N) is 3. The summed E-state index contributed by atoms with van der Waals surface area (Å²) in [5.41, 5.74) is 0.719. The van der Waals surface area contributed by atoms with Gasteiger partial charge in [0, 0.05) is 12.1 Å². The van der Waals surface area contributed by atoms with Gasteiger partial charge in [-0.05, 0) is 25.5 Å². The number of nitro groups is 1. The highest BCUT2D eigenvalue weighted by Crippen LogP contribution is 2.38. The van der Waals surface area contributed by atoms with Gasteiger partial charge >= 0.3 is 11.9 Å². The van der Waals surface area contributed by atoms with Crippen molar-refractivity contribution in [2.24, 2.45) is 0 Å². The number of hydrogen-bond donors (Lipinski definition) is 1. The summed E-state index contributed by atoms with van der Waals surface area (Å²) in [6.45, 7) is 3.64. The molecule has 0 unspecified atom stereocenters. The fourth-order valence-electron chi connectivity index (χ4n) is 2.98. The molecule has 0 amide bonds. The van der Waals surface area contributed by atoms with E-state index in [1.165, 1.54) is 32.4 Å². The first-order valence-electron chi connectivity index (χ1n) is 9.42. The summed E-state index contributed by atoms with van der Waals surface area (Å²) in [4.78, 5) is 44.5. The number of thiophene rings is 1. The quantitative estimate of drug-likeness (QED) is 0.301. The zero-order chi connectivity index (χ0) is 23.4. The van der Waals surface area contributed by atoms with Crippen molar-refractivity contribution in [3.63, 3.8) is 0 Å². The second kappa shape index (κ2) is 9.56. The fraction of sp³-hybridized carbons (Fsp3) is 0.300. The Bertz CT molecular complexity index is 1210. The number of nitro benzene ring substituents is 1. The van der Waals surface area contributed by atoms with Crippen LogP contribution < -0.4 is 10.1 Å². The predicted octanol–water partition coefficient (Wildman–Crippen LogP) is 3.55. The number of methoxy groups -OCH3 is 2. The lowest BCUT2D eigenvalue weighted by atomic mass is 10.2. The zero-order valence-corrected chi connectivity index (χ0v) is 18.6. The summed E-state index contributed by atoms with van der Waals surface area (Å²) in [7, 11) is 2.68. The number of nitrogens with one attached hydrogen (secondary N) is 1. The van der Waals surface area contributed by atoms with E-state index in [1.807, 2.05) is 0 Å². The van der Waals surface area contributed by atoms with E-state index >= 15 is 0 Å². The number of ether oxygens (including phenoxy) is 3. The Balaban J connectivity index is 2.19. The van der Waals surface area contributed by atoms with Crippen LogP contribution in [0, 0.1) is 17.0 Å². The first-order valence-corrected chi connectivity index (χ1v) is 10.2. The van der Waals surface area contributed by atoms with Crippen LogP contribution >= 0.6 is 11.3 Å². The van der Waals surface area contributed by atoms with Crippen LogP contribution in [0.15, 0.2) is 18.2 Å². The average molecular weight is 460 g/mol. The van der Waals surface area contributed by atoms with Crippen LogP contribution in [-0.2, 0) is 20.7 Å². The summed E-state index contributed by atoms with van der Waals surface area (Å²) in [6.07, 6.45) is -0.196. The maximum absolute atomic E-state index is 12.4. The number of esters is 2. The van der Waals surface area contributed by atoms with E-state index in [-0.39, 0.29) is 36.0 Å². The third kappa shape index (κ3) is 4.59. The molecule has 11 nitrogen and oxygen atoms in total. The number of benzene rings is 1. The minimum absolute atomic E-state index is 0.150. The Kier molecular flexibility index (Phi) is 6.83. The molecule has 0 fully saturated rings. The Morgan fingerprint density at radius 1 is 1.25 bits per heavy atom. The van der Waals surface area contributed by atoms with E-state index in [9.17, 15) is 19.7 Å². The zero-order valence-electron chi connectivity index (χ0n) is 17.8. The van der Waals surface area contributed by atoms with Gasteiger partial charge in [0.15, 0.2) is 0 Å². The largest absolute Gasteiger partial charge is 0.495 e. The average Bonchev–Trinajstić information content (AvgIpc) is 3.10. The molecular formula is C20H20N4O7S. The molecule has 0 bridgehead atoms. The monoisotopic (exact) mass is 460 g/mol. The van der Waals surface area contributed by atoms with E-state index in [1.54, 1.807) is 13.8 Å². The van der Waals surface area contributed by atoms with Crippen molar-refractivity contribution in [3.8, 4) is 5.75 Å². The van der Waals surface area contributed by atoms with Gasteiger partial charge in [-0.3, -0.25) is 14.9 Å². The first-order chi connectivity index (χ1) is 15.3. The summed E-state index contributed by atoms with van der Waals surface area (Å²) in [5.74, 6) is -0.274. The molecule has 12 heteroatoms. The van der Waals surface area contributed by atoms with E-state index in [0.29, 0.717) is 26.4 Å². The highest BCUT2D eigenvalue weighted by molar-refractivity contribution is 7.20. The first kappa shape index (κ1) is 22.9. The molecule has 0 atom stereocenters. The molecule has 168 valence electrons. The van der Waals surface area contributed by atoms with Gasteiger partial charge in [-0.2, -0.15) is 0 Å². The molecule has 1 N–H and O–H groups in total. The van der Waals surface area contributed by atoms with Crippen LogP contribution in [0.3, 0.4) is 0 Å². The summed E-state index contributed by atoms with van der Waals surface area (Å²) >= 11 is 1.11. The molecule has 0 spiro atoms. The normalized spacial score (nSPS) is 10.6. The maximum Gasteiger partial charge on any atom is 0.348 e. The van der Waals surface area contributed by atoms with Gasteiger partial charge in [0.05, 0.1) is 36.8 Å². The smallest absolute Gasteiger partial charge is 0.348 e. The molecule has 1 aromatic carbocycles. The molecule has 0 saturated carbocycles. The number of carbonyl (C=O) groups is 2. The second-order valence-electron chi connectivity index (χ2n) is 6.46. The third-order valence-corrected chi connectivity index (χ3v) is 5.64. The topological polar surface area (TPSA) is 143 Å². The highest BCUT2D eigenvalue weighted by Gasteiger charge is 2.23. The van der Waals surface area contributed by atoms with Gasteiger partial charge in [-0.15, -0.1) is 11.3 Å².